The van der Waals surface area contributed by atoms with Gasteiger partial charge in [0.15, 0.2) is 0 Å². The molecule has 0 spiro atoms. The molecular weight excluding hydrogens is 387 g/mol. The minimum Gasteiger partial charge on any atom is -0.383 e. The molecule has 26 heavy (non-hydrogen) atoms. The monoisotopic (exact) mass is 401 g/mol. The number of halogens is 4. The van der Waals surface area contributed by atoms with Gasteiger partial charge in [-0.05, 0) is 12.1 Å². The van der Waals surface area contributed by atoms with Crippen LogP contribution in [0.15, 0.2) is 45.7 Å². The van der Waals surface area contributed by atoms with E-state index in [-0.39, 0.29) is 5.02 Å². The van der Waals surface area contributed by atoms with Gasteiger partial charge in [0.2, 0.25) is 5.96 Å². The molecule has 0 saturated carbocycles. The number of alkyl halides is 3. The standard InChI is InChI=1S/C17H15ClF3N3OS/c1-25-9-8-22-16-23-15-11(5-3-7-13(15)26-24-16)10-4-2-6-12(14(10)18)17(19,20)21/h2-7H,8-9H2,1H3,(H2,22,23,24). The van der Waals surface area contributed by atoms with Gasteiger partial charge in [-0.25, -0.2) is 0 Å². The van der Waals surface area contributed by atoms with E-state index in [1.165, 1.54) is 18.0 Å². The van der Waals surface area contributed by atoms with E-state index in [4.69, 9.17) is 16.3 Å². The van der Waals surface area contributed by atoms with E-state index in [0.29, 0.717) is 35.9 Å². The number of para-hydroxylation sites is 1. The molecule has 1 aliphatic heterocycles. The average Bonchev–Trinajstić information content (AvgIpc) is 2.61. The fraction of sp³-hybridized carbons (Fsp3) is 0.235. The van der Waals surface area contributed by atoms with E-state index in [9.17, 15) is 13.2 Å². The molecule has 0 amide bonds. The summed E-state index contributed by atoms with van der Waals surface area (Å²) in [6, 6.07) is 9.23. The van der Waals surface area contributed by atoms with Crippen LogP contribution in [0.2, 0.25) is 5.02 Å². The lowest BCUT2D eigenvalue weighted by atomic mass is 10.0. The van der Waals surface area contributed by atoms with Crippen molar-refractivity contribution in [1.82, 2.24) is 5.32 Å². The summed E-state index contributed by atoms with van der Waals surface area (Å²) in [4.78, 5) is 0.799. The van der Waals surface area contributed by atoms with Gasteiger partial charge in [0.05, 0.1) is 27.8 Å². The first kappa shape index (κ1) is 18.9. The maximum absolute atomic E-state index is 13.2. The highest BCUT2D eigenvalue weighted by atomic mass is 35.5. The van der Waals surface area contributed by atoms with Crippen LogP contribution in [0, 0.1) is 0 Å². The van der Waals surface area contributed by atoms with Gasteiger partial charge in [-0.2, -0.15) is 17.6 Å². The fourth-order valence-corrected chi connectivity index (χ4v) is 3.53. The van der Waals surface area contributed by atoms with Crippen LogP contribution in [0.4, 0.5) is 18.9 Å². The molecule has 2 N–H and O–H groups in total. The number of ether oxygens (including phenoxy) is 1. The van der Waals surface area contributed by atoms with E-state index in [0.717, 1.165) is 11.0 Å². The van der Waals surface area contributed by atoms with Gasteiger partial charge < -0.3 is 15.4 Å². The maximum atomic E-state index is 13.2. The van der Waals surface area contributed by atoms with E-state index in [1.54, 1.807) is 25.3 Å². The van der Waals surface area contributed by atoms with Crippen molar-refractivity contribution >= 4 is 35.2 Å². The second kappa shape index (κ2) is 7.77. The first-order valence-electron chi connectivity index (χ1n) is 7.65. The van der Waals surface area contributed by atoms with Gasteiger partial charge in [0, 0.05) is 36.7 Å². The maximum Gasteiger partial charge on any atom is 0.417 e. The van der Waals surface area contributed by atoms with Crippen LogP contribution >= 0.6 is 23.5 Å². The van der Waals surface area contributed by atoms with Gasteiger partial charge >= 0.3 is 6.18 Å². The van der Waals surface area contributed by atoms with Crippen molar-refractivity contribution in [2.24, 2.45) is 4.40 Å². The zero-order chi connectivity index (χ0) is 18.7. The molecule has 2 aromatic rings. The molecule has 4 nitrogen and oxygen atoms in total. The third-order valence-corrected chi connectivity index (χ3v) is 4.92. The summed E-state index contributed by atoms with van der Waals surface area (Å²) >= 11 is 7.33. The smallest absolute Gasteiger partial charge is 0.383 e. The summed E-state index contributed by atoms with van der Waals surface area (Å²) < 4.78 is 48.8. The Hall–Kier alpha value is -1.90. The van der Waals surface area contributed by atoms with Crippen LogP contribution in [-0.2, 0) is 10.9 Å². The zero-order valence-electron chi connectivity index (χ0n) is 13.7. The summed E-state index contributed by atoms with van der Waals surface area (Å²) in [6.07, 6.45) is -4.52. The Kier molecular flexibility index (Phi) is 5.64. The highest BCUT2D eigenvalue weighted by molar-refractivity contribution is 7.98. The normalized spacial score (nSPS) is 13.7. The summed E-state index contributed by atoms with van der Waals surface area (Å²) in [7, 11) is 1.59. The molecule has 1 heterocycles. The Bertz CT molecular complexity index is 842. The average molecular weight is 402 g/mol. The van der Waals surface area contributed by atoms with Crippen LogP contribution in [0.3, 0.4) is 0 Å². The van der Waals surface area contributed by atoms with Crippen molar-refractivity contribution in [3.8, 4) is 11.1 Å². The summed E-state index contributed by atoms with van der Waals surface area (Å²) in [5.74, 6) is 0.509. The summed E-state index contributed by atoms with van der Waals surface area (Å²) in [6.45, 7) is 1.05. The molecule has 3 rings (SSSR count). The van der Waals surface area contributed by atoms with Crippen LogP contribution in [-0.4, -0.2) is 26.2 Å². The molecule has 0 aliphatic carbocycles. The molecule has 0 saturated heterocycles. The Morgan fingerprint density at radius 1 is 1.19 bits per heavy atom. The molecule has 0 aromatic heterocycles. The number of guanidine groups is 1. The highest BCUT2D eigenvalue weighted by Crippen LogP contribution is 2.44. The number of fused-ring (bicyclic) bond motifs is 1. The summed E-state index contributed by atoms with van der Waals surface area (Å²) in [5, 5.41) is 5.88. The van der Waals surface area contributed by atoms with E-state index in [2.05, 4.69) is 15.0 Å². The highest BCUT2D eigenvalue weighted by Gasteiger charge is 2.34. The molecule has 0 atom stereocenters. The van der Waals surface area contributed by atoms with Gasteiger partial charge in [0.1, 0.15) is 0 Å². The van der Waals surface area contributed by atoms with Gasteiger partial charge in [-0.15, -0.1) is 0 Å². The third-order valence-electron chi connectivity index (χ3n) is 3.70. The molecule has 2 aromatic carbocycles. The molecule has 0 unspecified atom stereocenters. The van der Waals surface area contributed by atoms with Crippen LogP contribution in [0.5, 0.6) is 0 Å². The minimum atomic E-state index is -4.52. The molecule has 1 aliphatic rings. The second-order valence-corrected chi connectivity index (χ2v) is 6.60. The van der Waals surface area contributed by atoms with Crippen LogP contribution in [0.1, 0.15) is 5.56 Å². The largest absolute Gasteiger partial charge is 0.417 e. The molecular formula is C17H15ClF3N3OS. The number of nitrogens with zero attached hydrogens (tertiary/aromatic N) is 1. The number of nitrogens with one attached hydrogen (secondary N) is 2. The second-order valence-electron chi connectivity index (χ2n) is 5.42. The van der Waals surface area contributed by atoms with Crippen LogP contribution < -0.4 is 10.6 Å². The zero-order valence-corrected chi connectivity index (χ0v) is 15.2. The topological polar surface area (TPSA) is 45.6 Å². The van der Waals surface area contributed by atoms with E-state index >= 15 is 0 Å². The number of methoxy groups -OCH3 is 1. The lowest BCUT2D eigenvalue weighted by Gasteiger charge is -2.22. The molecule has 0 fully saturated rings. The van der Waals surface area contributed by atoms with Gasteiger partial charge in [-0.3, -0.25) is 0 Å². The van der Waals surface area contributed by atoms with Crippen molar-refractivity contribution in [2.45, 2.75) is 11.1 Å². The van der Waals surface area contributed by atoms with Crippen molar-refractivity contribution in [3.05, 3.63) is 47.0 Å². The Morgan fingerprint density at radius 2 is 1.92 bits per heavy atom. The third kappa shape index (κ3) is 3.92. The number of rotatable bonds is 4. The number of benzene rings is 2. The first-order chi connectivity index (χ1) is 12.4. The predicted octanol–water partition coefficient (Wildman–Crippen LogP) is 5.05. The lowest BCUT2D eigenvalue weighted by molar-refractivity contribution is -0.137. The van der Waals surface area contributed by atoms with Crippen LogP contribution in [0.25, 0.3) is 11.1 Å². The predicted molar refractivity (Wildman–Crippen MR) is 98.7 cm³/mol. The van der Waals surface area contributed by atoms with Crippen molar-refractivity contribution in [2.75, 3.05) is 25.6 Å². The molecule has 9 heteroatoms. The fourth-order valence-electron chi connectivity index (χ4n) is 2.50. The van der Waals surface area contributed by atoms with Crippen molar-refractivity contribution < 1.29 is 17.9 Å². The van der Waals surface area contributed by atoms with Gasteiger partial charge in [-0.1, -0.05) is 35.9 Å². The molecule has 0 radical (unpaired) electrons. The Balaban J connectivity index is 1.98. The van der Waals surface area contributed by atoms with Crippen molar-refractivity contribution in [3.63, 3.8) is 0 Å². The van der Waals surface area contributed by atoms with E-state index in [1.807, 2.05) is 6.07 Å². The van der Waals surface area contributed by atoms with Gasteiger partial charge in [0.25, 0.3) is 0 Å². The Labute approximate surface area is 157 Å². The molecule has 0 bridgehead atoms. The first-order valence-corrected chi connectivity index (χ1v) is 8.81. The molecule has 138 valence electrons. The van der Waals surface area contributed by atoms with E-state index < -0.39 is 11.7 Å². The summed E-state index contributed by atoms with van der Waals surface area (Å²) in [5.41, 5.74) is 0.690. The number of hydrogen-bond donors (Lipinski definition) is 2. The lowest BCUT2D eigenvalue weighted by Crippen LogP contribution is -2.34. The quantitative estimate of drug-likeness (QED) is 0.556. The SMILES string of the molecule is COCCNC1=NSc2cccc(-c3cccc(C(F)(F)F)c3Cl)c2N1. The number of anilines is 1. The minimum absolute atomic E-state index is 0.310. The Morgan fingerprint density at radius 3 is 2.65 bits per heavy atom. The van der Waals surface area contributed by atoms with Crippen molar-refractivity contribution in [1.29, 1.82) is 0 Å². The number of hydrogen-bond acceptors (Lipinski definition) is 5.